The summed E-state index contributed by atoms with van der Waals surface area (Å²) in [7, 11) is -2.93. The summed E-state index contributed by atoms with van der Waals surface area (Å²) < 4.78 is 24.3. The first-order valence-electron chi connectivity index (χ1n) is 8.82. The normalized spacial score (nSPS) is 16.7. The van der Waals surface area contributed by atoms with E-state index in [9.17, 15) is 8.42 Å². The van der Waals surface area contributed by atoms with Crippen LogP contribution >= 0.6 is 0 Å². The highest BCUT2D eigenvalue weighted by atomic mass is 32.2. The molecule has 1 fully saturated rings. The zero-order valence-electron chi connectivity index (χ0n) is 14.7. The van der Waals surface area contributed by atoms with E-state index in [1.807, 2.05) is 12.1 Å². The topological polar surface area (TPSA) is 50.3 Å². The smallest absolute Gasteiger partial charge is 0.153 e. The van der Waals surface area contributed by atoms with Gasteiger partial charge in [0.2, 0.25) is 0 Å². The summed E-state index contributed by atoms with van der Waals surface area (Å²) in [5.41, 5.74) is 4.63. The number of anilines is 1. The molecule has 1 saturated heterocycles. The minimum absolute atomic E-state index is 0.183. The molecule has 0 N–H and O–H groups in total. The molecule has 0 spiro atoms. The van der Waals surface area contributed by atoms with E-state index in [0.29, 0.717) is 12.8 Å². The van der Waals surface area contributed by atoms with Crippen molar-refractivity contribution in [3.8, 4) is 0 Å². The summed E-state index contributed by atoms with van der Waals surface area (Å²) in [6.45, 7) is 7.61. The number of aromatic nitrogens is 1. The van der Waals surface area contributed by atoms with Gasteiger partial charge in [-0.3, -0.25) is 4.98 Å². The minimum Gasteiger partial charge on any atom is -0.371 e. The van der Waals surface area contributed by atoms with Crippen molar-refractivity contribution in [1.82, 2.24) is 4.98 Å². The summed E-state index contributed by atoms with van der Waals surface area (Å²) in [5.74, 6) is 0.245. The van der Waals surface area contributed by atoms with Crippen molar-refractivity contribution >= 4 is 26.4 Å². The van der Waals surface area contributed by atoms with Gasteiger partial charge in [0, 0.05) is 29.9 Å². The maximum Gasteiger partial charge on any atom is 0.153 e. The molecule has 0 aliphatic carbocycles. The summed E-state index contributed by atoms with van der Waals surface area (Å²) in [4.78, 5) is 7.15. The Kier molecular flexibility index (Phi) is 4.81. The third-order valence-corrected chi connectivity index (χ3v) is 7.50. The molecule has 0 unspecified atom stereocenters. The number of piperidine rings is 1. The molecule has 2 aromatic rings. The zero-order valence-corrected chi connectivity index (χ0v) is 15.6. The number of hydrogen-bond donors (Lipinski definition) is 0. The first-order valence-corrected chi connectivity index (χ1v) is 10.5. The summed E-state index contributed by atoms with van der Waals surface area (Å²) >= 11 is 0. The highest BCUT2D eigenvalue weighted by Crippen LogP contribution is 2.34. The van der Waals surface area contributed by atoms with E-state index in [4.69, 9.17) is 4.98 Å². The molecule has 0 radical (unpaired) electrons. The number of benzene rings is 1. The third kappa shape index (κ3) is 3.02. The van der Waals surface area contributed by atoms with Crippen LogP contribution in [0.15, 0.2) is 24.3 Å². The summed E-state index contributed by atoms with van der Waals surface area (Å²) in [6.07, 6.45) is 2.34. The number of sulfone groups is 1. The average Bonchev–Trinajstić information content (AvgIpc) is 2.61. The van der Waals surface area contributed by atoms with Crippen molar-refractivity contribution in [2.75, 3.05) is 23.7 Å². The van der Waals surface area contributed by atoms with Crippen LogP contribution in [-0.2, 0) is 16.3 Å². The molecule has 1 aromatic carbocycles. The number of nitrogens with zero attached hydrogens (tertiary/aromatic N) is 2. The van der Waals surface area contributed by atoms with E-state index in [2.05, 4.69) is 30.9 Å². The van der Waals surface area contributed by atoms with Crippen LogP contribution in [0.4, 0.5) is 5.69 Å². The lowest BCUT2D eigenvalue weighted by Gasteiger charge is -2.35. The highest BCUT2D eigenvalue weighted by molar-refractivity contribution is 7.92. The van der Waals surface area contributed by atoms with Gasteiger partial charge in [0.15, 0.2) is 9.84 Å². The SMILES string of the molecule is CCc1nc2ccccc2c(N2CCC(S(=O)(=O)CC)CC2)c1C. The van der Waals surface area contributed by atoms with Crippen molar-refractivity contribution in [3.05, 3.63) is 35.5 Å². The molecule has 1 aliphatic heterocycles. The van der Waals surface area contributed by atoms with Crippen molar-refractivity contribution in [2.45, 2.75) is 45.3 Å². The molecule has 0 saturated carbocycles. The predicted molar refractivity (Wildman–Crippen MR) is 101 cm³/mol. The van der Waals surface area contributed by atoms with Gasteiger partial charge in [-0.1, -0.05) is 32.0 Å². The molecule has 4 nitrogen and oxygen atoms in total. The Hall–Kier alpha value is -1.62. The number of para-hydroxylation sites is 1. The standard InChI is InChI=1S/C19H26N2O2S/c1-4-17-14(3)19(16-8-6-7-9-18(16)20-17)21-12-10-15(11-13-21)24(22,23)5-2/h6-9,15H,4-5,10-13H2,1-3H3. The van der Waals surface area contributed by atoms with E-state index >= 15 is 0 Å². The molecule has 2 heterocycles. The fraction of sp³-hybridized carbons (Fsp3) is 0.526. The zero-order chi connectivity index (χ0) is 17.3. The molecule has 3 rings (SSSR count). The molecule has 0 amide bonds. The Balaban J connectivity index is 1.97. The Bertz CT molecular complexity index is 838. The second kappa shape index (κ2) is 6.71. The molecular weight excluding hydrogens is 320 g/mol. The first kappa shape index (κ1) is 17.2. The monoisotopic (exact) mass is 346 g/mol. The molecule has 5 heteroatoms. The van der Waals surface area contributed by atoms with Crippen molar-refractivity contribution in [1.29, 1.82) is 0 Å². The van der Waals surface area contributed by atoms with Crippen molar-refractivity contribution < 1.29 is 8.42 Å². The van der Waals surface area contributed by atoms with Gasteiger partial charge in [-0.2, -0.15) is 0 Å². The Morgan fingerprint density at radius 1 is 1.17 bits per heavy atom. The predicted octanol–water partition coefficient (Wildman–Crippen LogP) is 3.51. The number of fused-ring (bicyclic) bond motifs is 1. The molecule has 24 heavy (non-hydrogen) atoms. The van der Waals surface area contributed by atoms with Gasteiger partial charge in [0.05, 0.1) is 16.5 Å². The van der Waals surface area contributed by atoms with Crippen molar-refractivity contribution in [2.24, 2.45) is 0 Å². The van der Waals surface area contributed by atoms with Crippen LogP contribution < -0.4 is 4.90 Å². The van der Waals surface area contributed by atoms with Crippen LogP contribution in [0.1, 0.15) is 37.9 Å². The van der Waals surface area contributed by atoms with Gasteiger partial charge in [0.1, 0.15) is 0 Å². The van der Waals surface area contributed by atoms with Crippen LogP contribution in [0.3, 0.4) is 0 Å². The van der Waals surface area contributed by atoms with Crippen LogP contribution in [0, 0.1) is 6.92 Å². The minimum atomic E-state index is -2.93. The van der Waals surface area contributed by atoms with Crippen LogP contribution in [-0.4, -0.2) is 37.5 Å². The Morgan fingerprint density at radius 2 is 1.83 bits per heavy atom. The number of hydrogen-bond acceptors (Lipinski definition) is 4. The maximum atomic E-state index is 12.1. The Labute approximate surface area is 144 Å². The lowest BCUT2D eigenvalue weighted by Crippen LogP contribution is -2.40. The number of aryl methyl sites for hydroxylation is 1. The van der Waals surface area contributed by atoms with Crippen molar-refractivity contribution in [3.63, 3.8) is 0 Å². The van der Waals surface area contributed by atoms with E-state index < -0.39 is 9.84 Å². The molecule has 130 valence electrons. The quantitative estimate of drug-likeness (QED) is 0.850. The van der Waals surface area contributed by atoms with E-state index in [1.54, 1.807) is 6.92 Å². The van der Waals surface area contributed by atoms with Crippen LogP contribution in [0.25, 0.3) is 10.9 Å². The second-order valence-corrected chi connectivity index (χ2v) is 9.11. The molecule has 1 aromatic heterocycles. The maximum absolute atomic E-state index is 12.1. The lowest BCUT2D eigenvalue weighted by molar-refractivity contribution is 0.531. The first-order chi connectivity index (χ1) is 11.5. The summed E-state index contributed by atoms with van der Waals surface area (Å²) in [6, 6.07) is 8.26. The molecule has 1 aliphatic rings. The van der Waals surface area contributed by atoms with Gasteiger partial charge >= 0.3 is 0 Å². The Morgan fingerprint density at radius 3 is 2.46 bits per heavy atom. The van der Waals surface area contributed by atoms with E-state index in [0.717, 1.165) is 30.7 Å². The second-order valence-electron chi connectivity index (χ2n) is 6.54. The lowest BCUT2D eigenvalue weighted by atomic mass is 10.0. The van der Waals surface area contributed by atoms with Gasteiger partial charge in [-0.05, 0) is 37.8 Å². The van der Waals surface area contributed by atoms with Crippen LogP contribution in [0.5, 0.6) is 0 Å². The fourth-order valence-electron chi connectivity index (χ4n) is 3.77. The third-order valence-electron chi connectivity index (χ3n) is 5.21. The van der Waals surface area contributed by atoms with Gasteiger partial charge in [-0.25, -0.2) is 8.42 Å². The number of rotatable bonds is 4. The largest absolute Gasteiger partial charge is 0.371 e. The van der Waals surface area contributed by atoms with E-state index in [1.165, 1.54) is 16.6 Å². The molecule has 0 atom stereocenters. The fourth-order valence-corrected chi connectivity index (χ4v) is 5.17. The van der Waals surface area contributed by atoms with Crippen LogP contribution in [0.2, 0.25) is 0 Å². The molecular formula is C19H26N2O2S. The average molecular weight is 346 g/mol. The van der Waals surface area contributed by atoms with Gasteiger partial charge in [-0.15, -0.1) is 0 Å². The summed E-state index contributed by atoms with van der Waals surface area (Å²) in [5, 5.41) is 0.988. The number of pyridine rings is 1. The molecule has 0 bridgehead atoms. The van der Waals surface area contributed by atoms with Gasteiger partial charge in [0.25, 0.3) is 0 Å². The van der Waals surface area contributed by atoms with Gasteiger partial charge < -0.3 is 4.90 Å². The highest BCUT2D eigenvalue weighted by Gasteiger charge is 2.30. The van der Waals surface area contributed by atoms with E-state index in [-0.39, 0.29) is 11.0 Å².